The molecule has 0 aromatic rings. The molecule has 3 rings (SSSR count). The topological polar surface area (TPSA) is 40.5 Å². The summed E-state index contributed by atoms with van der Waals surface area (Å²) in [4.78, 5) is 0. The standard InChI is InChI=1S/C15H26O2/c1-9-7-10(16)12-13(2,3)11-8-15(9,12)6-5-14(11,4)17/h9-12,16-17H,5-8H2,1-4H3/t9-,10+,11-,12+,14-,15+/m1/s1. The lowest BCUT2D eigenvalue weighted by Gasteiger charge is -2.44. The largest absolute Gasteiger partial charge is 0.393 e. The molecule has 98 valence electrons. The highest BCUT2D eigenvalue weighted by Crippen LogP contribution is 2.73. The van der Waals surface area contributed by atoms with Gasteiger partial charge in [0.1, 0.15) is 0 Å². The number of hydrogen-bond donors (Lipinski definition) is 2. The van der Waals surface area contributed by atoms with Gasteiger partial charge in [0.15, 0.2) is 0 Å². The van der Waals surface area contributed by atoms with Gasteiger partial charge in [-0.15, -0.1) is 0 Å². The summed E-state index contributed by atoms with van der Waals surface area (Å²) in [5.74, 6) is 1.36. The van der Waals surface area contributed by atoms with Crippen molar-refractivity contribution in [3.05, 3.63) is 0 Å². The number of rotatable bonds is 0. The van der Waals surface area contributed by atoms with E-state index in [0.29, 0.717) is 23.2 Å². The Balaban J connectivity index is 2.09. The van der Waals surface area contributed by atoms with Crippen LogP contribution >= 0.6 is 0 Å². The maximum atomic E-state index is 10.6. The zero-order chi connectivity index (χ0) is 12.6. The average Bonchev–Trinajstić information content (AvgIpc) is 2.55. The minimum Gasteiger partial charge on any atom is -0.393 e. The van der Waals surface area contributed by atoms with Crippen LogP contribution in [0.4, 0.5) is 0 Å². The third-order valence-electron chi connectivity index (χ3n) is 6.71. The first-order valence-electron chi connectivity index (χ1n) is 7.12. The van der Waals surface area contributed by atoms with Gasteiger partial charge in [0.2, 0.25) is 0 Å². The van der Waals surface area contributed by atoms with Crippen molar-refractivity contribution in [2.45, 2.75) is 65.1 Å². The minimum absolute atomic E-state index is 0.0736. The Labute approximate surface area is 104 Å². The first kappa shape index (κ1) is 12.0. The zero-order valence-corrected chi connectivity index (χ0v) is 11.5. The minimum atomic E-state index is -0.529. The van der Waals surface area contributed by atoms with Crippen molar-refractivity contribution in [2.75, 3.05) is 0 Å². The molecule has 0 radical (unpaired) electrons. The predicted octanol–water partition coefficient (Wildman–Crippen LogP) is 2.58. The second-order valence-corrected chi connectivity index (χ2v) is 7.85. The zero-order valence-electron chi connectivity index (χ0n) is 11.5. The van der Waals surface area contributed by atoms with E-state index >= 15 is 0 Å². The molecule has 0 aliphatic heterocycles. The molecular weight excluding hydrogens is 212 g/mol. The molecular formula is C15H26O2. The molecule has 0 aromatic heterocycles. The van der Waals surface area contributed by atoms with Crippen LogP contribution in [0.25, 0.3) is 0 Å². The van der Waals surface area contributed by atoms with E-state index in [1.807, 2.05) is 6.92 Å². The van der Waals surface area contributed by atoms with Crippen LogP contribution in [0.3, 0.4) is 0 Å². The first-order chi connectivity index (χ1) is 7.72. The third-order valence-corrected chi connectivity index (χ3v) is 6.71. The molecule has 0 heterocycles. The van der Waals surface area contributed by atoms with Crippen molar-refractivity contribution < 1.29 is 10.2 Å². The number of aliphatic hydroxyl groups is 2. The quantitative estimate of drug-likeness (QED) is 0.681. The van der Waals surface area contributed by atoms with Gasteiger partial charge in [-0.3, -0.25) is 0 Å². The highest BCUT2D eigenvalue weighted by atomic mass is 16.3. The van der Waals surface area contributed by atoms with Crippen LogP contribution in [-0.4, -0.2) is 21.9 Å². The second-order valence-electron chi connectivity index (χ2n) is 7.85. The van der Waals surface area contributed by atoms with Crippen LogP contribution in [0, 0.1) is 28.6 Å². The number of hydrogen-bond acceptors (Lipinski definition) is 2. The smallest absolute Gasteiger partial charge is 0.0653 e. The third kappa shape index (κ3) is 1.24. The summed E-state index contributed by atoms with van der Waals surface area (Å²) in [6.07, 6.45) is 3.94. The monoisotopic (exact) mass is 238 g/mol. The normalized spacial score (nSPS) is 60.4. The van der Waals surface area contributed by atoms with Gasteiger partial charge in [0.25, 0.3) is 0 Å². The van der Waals surface area contributed by atoms with Gasteiger partial charge in [-0.2, -0.15) is 0 Å². The Morgan fingerprint density at radius 2 is 1.76 bits per heavy atom. The SMILES string of the molecule is C[C@@H]1C[C@H](O)[C@H]2C(C)(C)[C@H]3C[C@@]12CC[C@@]3(C)O. The van der Waals surface area contributed by atoms with Gasteiger partial charge in [-0.1, -0.05) is 20.8 Å². The molecule has 0 aromatic carbocycles. The predicted molar refractivity (Wildman–Crippen MR) is 67.5 cm³/mol. The summed E-state index contributed by atoms with van der Waals surface area (Å²) >= 11 is 0. The highest BCUT2D eigenvalue weighted by molar-refractivity contribution is 5.19. The molecule has 0 saturated heterocycles. The molecule has 3 aliphatic rings. The maximum Gasteiger partial charge on any atom is 0.0653 e. The average molecular weight is 238 g/mol. The van der Waals surface area contributed by atoms with Crippen molar-refractivity contribution in [2.24, 2.45) is 28.6 Å². The lowest BCUT2D eigenvalue weighted by atomic mass is 9.64. The lowest BCUT2D eigenvalue weighted by molar-refractivity contribution is -0.0746. The fraction of sp³-hybridized carbons (Fsp3) is 1.00. The van der Waals surface area contributed by atoms with Gasteiger partial charge in [0, 0.05) is 0 Å². The van der Waals surface area contributed by atoms with E-state index in [1.165, 1.54) is 0 Å². The van der Waals surface area contributed by atoms with Crippen molar-refractivity contribution in [1.29, 1.82) is 0 Å². The van der Waals surface area contributed by atoms with Crippen molar-refractivity contribution >= 4 is 0 Å². The van der Waals surface area contributed by atoms with E-state index < -0.39 is 5.60 Å². The molecule has 1 spiro atoms. The summed E-state index contributed by atoms with van der Waals surface area (Å²) in [7, 11) is 0. The summed E-state index contributed by atoms with van der Waals surface area (Å²) < 4.78 is 0. The molecule has 3 fully saturated rings. The first-order valence-corrected chi connectivity index (χ1v) is 7.12. The Morgan fingerprint density at radius 1 is 1.12 bits per heavy atom. The van der Waals surface area contributed by atoms with Crippen LogP contribution in [0.1, 0.15) is 53.4 Å². The second kappa shape index (κ2) is 3.08. The van der Waals surface area contributed by atoms with Crippen LogP contribution < -0.4 is 0 Å². The highest BCUT2D eigenvalue weighted by Gasteiger charge is 2.70. The molecule has 3 aliphatic carbocycles. The summed E-state index contributed by atoms with van der Waals surface area (Å²) in [5, 5.41) is 21.1. The van der Waals surface area contributed by atoms with E-state index in [0.717, 1.165) is 25.7 Å². The fourth-order valence-electron chi connectivity index (χ4n) is 6.03. The molecule has 2 bridgehead atoms. The molecule has 3 saturated carbocycles. The molecule has 2 N–H and O–H groups in total. The van der Waals surface area contributed by atoms with Gasteiger partial charge in [0.05, 0.1) is 11.7 Å². The number of aliphatic hydroxyl groups excluding tert-OH is 1. The van der Waals surface area contributed by atoms with Crippen molar-refractivity contribution in [3.63, 3.8) is 0 Å². The van der Waals surface area contributed by atoms with Gasteiger partial charge in [-0.25, -0.2) is 0 Å². The van der Waals surface area contributed by atoms with Gasteiger partial charge >= 0.3 is 0 Å². The molecule has 6 atom stereocenters. The molecule has 0 amide bonds. The van der Waals surface area contributed by atoms with E-state index in [1.54, 1.807) is 0 Å². The van der Waals surface area contributed by atoms with Crippen LogP contribution in [-0.2, 0) is 0 Å². The van der Waals surface area contributed by atoms with Crippen LogP contribution in [0.5, 0.6) is 0 Å². The van der Waals surface area contributed by atoms with Crippen LogP contribution in [0.2, 0.25) is 0 Å². The van der Waals surface area contributed by atoms with Crippen molar-refractivity contribution in [1.82, 2.24) is 0 Å². The van der Waals surface area contributed by atoms with Gasteiger partial charge in [-0.05, 0) is 61.2 Å². The Morgan fingerprint density at radius 3 is 2.41 bits per heavy atom. The summed E-state index contributed by atoms with van der Waals surface area (Å²) in [5.41, 5.74) is -0.140. The molecule has 2 heteroatoms. The lowest BCUT2D eigenvalue weighted by Crippen LogP contribution is -2.44. The van der Waals surface area contributed by atoms with E-state index in [-0.39, 0.29) is 11.5 Å². The van der Waals surface area contributed by atoms with E-state index in [2.05, 4.69) is 20.8 Å². The van der Waals surface area contributed by atoms with Gasteiger partial charge < -0.3 is 10.2 Å². The fourth-order valence-corrected chi connectivity index (χ4v) is 6.03. The Hall–Kier alpha value is -0.0800. The van der Waals surface area contributed by atoms with E-state index in [9.17, 15) is 10.2 Å². The summed E-state index contributed by atoms with van der Waals surface area (Å²) in [6.45, 7) is 8.85. The summed E-state index contributed by atoms with van der Waals surface area (Å²) in [6, 6.07) is 0. The van der Waals surface area contributed by atoms with Crippen molar-refractivity contribution in [3.8, 4) is 0 Å². The number of fused-ring (bicyclic) bond motifs is 1. The Bertz CT molecular complexity index is 347. The molecule has 0 unspecified atom stereocenters. The van der Waals surface area contributed by atoms with Crippen LogP contribution in [0.15, 0.2) is 0 Å². The van der Waals surface area contributed by atoms with E-state index in [4.69, 9.17) is 0 Å². The Kier molecular flexibility index (Phi) is 2.17. The molecule has 2 nitrogen and oxygen atoms in total. The molecule has 17 heavy (non-hydrogen) atoms. The maximum absolute atomic E-state index is 10.6.